The third kappa shape index (κ3) is 4.93. The summed E-state index contributed by atoms with van der Waals surface area (Å²) in [5.41, 5.74) is 5.70. The zero-order valence-corrected chi connectivity index (χ0v) is 10.2. The first kappa shape index (κ1) is 13.9. The maximum Gasteiger partial charge on any atom is 0.215 e. The molecule has 0 aliphatic carbocycles. The van der Waals surface area contributed by atoms with Gasteiger partial charge in [-0.1, -0.05) is 20.3 Å². The average Bonchev–Trinajstić information content (AvgIpc) is 2.03. The molecule has 0 saturated carbocycles. The lowest BCUT2D eigenvalue weighted by atomic mass is 10.2. The lowest BCUT2D eigenvalue weighted by Gasteiger charge is -2.18. The first-order valence-corrected chi connectivity index (χ1v) is 6.74. The molecule has 0 aromatic carbocycles. The maximum absolute atomic E-state index is 11.7. The van der Waals surface area contributed by atoms with Crippen LogP contribution in [0.2, 0.25) is 0 Å². The summed E-state index contributed by atoms with van der Waals surface area (Å²) in [6, 6.07) is -0.232. The minimum absolute atomic E-state index is 0.0668. The van der Waals surface area contributed by atoms with E-state index in [1.54, 1.807) is 7.05 Å². The van der Waals surface area contributed by atoms with Gasteiger partial charge in [-0.25, -0.2) is 12.7 Å². The molecule has 86 valence electrons. The van der Waals surface area contributed by atoms with E-state index in [4.69, 9.17) is 5.73 Å². The van der Waals surface area contributed by atoms with Crippen molar-refractivity contribution in [2.75, 3.05) is 19.3 Å². The van der Waals surface area contributed by atoms with Crippen LogP contribution >= 0.6 is 0 Å². The molecule has 0 amide bonds. The van der Waals surface area contributed by atoms with Crippen molar-refractivity contribution in [2.24, 2.45) is 5.73 Å². The smallest absolute Gasteiger partial charge is 0.215 e. The van der Waals surface area contributed by atoms with Gasteiger partial charge < -0.3 is 5.73 Å². The Morgan fingerprint density at radius 1 is 1.29 bits per heavy atom. The highest BCUT2D eigenvalue weighted by molar-refractivity contribution is 7.89. The predicted octanol–water partition coefficient (Wildman–Crippen LogP) is 0.785. The molecule has 0 rings (SSSR count). The number of nitrogens with zero attached hydrogens (tertiary/aromatic N) is 1. The van der Waals surface area contributed by atoms with Gasteiger partial charge >= 0.3 is 0 Å². The molecule has 1 atom stereocenters. The van der Waals surface area contributed by atoms with Crippen molar-refractivity contribution >= 4 is 10.0 Å². The van der Waals surface area contributed by atoms with Gasteiger partial charge in [0.15, 0.2) is 0 Å². The fourth-order valence-corrected chi connectivity index (χ4v) is 2.73. The number of nitrogens with two attached hydrogens (primary N) is 1. The summed E-state index contributed by atoms with van der Waals surface area (Å²) in [6.07, 6.45) is 2.52. The number of rotatable bonds is 7. The van der Waals surface area contributed by atoms with Crippen molar-refractivity contribution in [3.63, 3.8) is 0 Å². The van der Waals surface area contributed by atoms with Crippen LogP contribution in [0.4, 0.5) is 0 Å². The van der Waals surface area contributed by atoms with E-state index in [0.717, 1.165) is 19.3 Å². The van der Waals surface area contributed by atoms with Gasteiger partial charge in [-0.3, -0.25) is 0 Å². The topological polar surface area (TPSA) is 63.4 Å². The molecule has 0 spiro atoms. The molecule has 14 heavy (non-hydrogen) atoms. The zero-order chi connectivity index (χ0) is 11.2. The van der Waals surface area contributed by atoms with E-state index >= 15 is 0 Å². The summed E-state index contributed by atoms with van der Waals surface area (Å²) in [5.74, 6) is 0.0668. The second-order valence-corrected chi connectivity index (χ2v) is 5.77. The third-order valence-corrected chi connectivity index (χ3v) is 4.08. The lowest BCUT2D eigenvalue weighted by Crippen LogP contribution is -2.38. The van der Waals surface area contributed by atoms with Crippen molar-refractivity contribution < 1.29 is 8.42 Å². The highest BCUT2D eigenvalue weighted by atomic mass is 32.2. The molecule has 0 aliphatic heterocycles. The highest BCUT2D eigenvalue weighted by Gasteiger charge is 2.19. The normalized spacial score (nSPS) is 14.6. The predicted molar refractivity (Wildman–Crippen MR) is 59.6 cm³/mol. The number of hydrogen-bond acceptors (Lipinski definition) is 3. The quantitative estimate of drug-likeness (QED) is 0.692. The minimum atomic E-state index is -3.14. The van der Waals surface area contributed by atoms with Gasteiger partial charge in [0.2, 0.25) is 10.0 Å². The van der Waals surface area contributed by atoms with Gasteiger partial charge in [0, 0.05) is 19.6 Å². The molecular formula is C9H22N2O2S. The summed E-state index contributed by atoms with van der Waals surface area (Å²) >= 11 is 0. The van der Waals surface area contributed by atoms with Crippen LogP contribution in [0.15, 0.2) is 0 Å². The SMILES string of the molecule is CCCC(N)CS(=O)(=O)N(C)CCC. The van der Waals surface area contributed by atoms with Crippen LogP contribution in [0, 0.1) is 0 Å². The van der Waals surface area contributed by atoms with Crippen LogP contribution in [0.1, 0.15) is 33.1 Å². The van der Waals surface area contributed by atoms with E-state index in [1.807, 2.05) is 13.8 Å². The van der Waals surface area contributed by atoms with Gasteiger partial charge in [0.05, 0.1) is 5.75 Å². The fourth-order valence-electron chi connectivity index (χ4n) is 1.31. The molecule has 0 saturated heterocycles. The molecule has 1 unspecified atom stereocenters. The van der Waals surface area contributed by atoms with Crippen molar-refractivity contribution in [3.8, 4) is 0 Å². The first-order valence-electron chi connectivity index (χ1n) is 5.13. The Morgan fingerprint density at radius 3 is 2.29 bits per heavy atom. The summed E-state index contributed by atoms with van der Waals surface area (Å²) in [4.78, 5) is 0. The molecule has 5 heteroatoms. The van der Waals surface area contributed by atoms with E-state index in [2.05, 4.69) is 0 Å². The standard InChI is InChI=1S/C9H22N2O2S/c1-4-6-9(10)8-14(12,13)11(3)7-5-2/h9H,4-8,10H2,1-3H3. The van der Waals surface area contributed by atoms with Crippen molar-refractivity contribution in [2.45, 2.75) is 39.2 Å². The largest absolute Gasteiger partial charge is 0.327 e. The van der Waals surface area contributed by atoms with E-state index in [9.17, 15) is 8.42 Å². The Kier molecular flexibility index (Phi) is 6.31. The summed E-state index contributed by atoms with van der Waals surface area (Å²) in [6.45, 7) is 4.53. The van der Waals surface area contributed by atoms with Crippen LogP contribution in [0.3, 0.4) is 0 Å². The van der Waals surface area contributed by atoms with Crippen LogP contribution < -0.4 is 5.73 Å². The van der Waals surface area contributed by atoms with Gasteiger partial charge in [-0.05, 0) is 12.8 Å². The van der Waals surface area contributed by atoms with Crippen molar-refractivity contribution in [3.05, 3.63) is 0 Å². The fraction of sp³-hybridized carbons (Fsp3) is 1.00. The summed E-state index contributed by atoms with van der Waals surface area (Å²) in [7, 11) is -1.53. The maximum atomic E-state index is 11.7. The Balaban J connectivity index is 4.19. The summed E-state index contributed by atoms with van der Waals surface area (Å²) in [5, 5.41) is 0. The molecule has 0 fully saturated rings. The van der Waals surface area contributed by atoms with Gasteiger partial charge in [-0.2, -0.15) is 0 Å². The number of sulfonamides is 1. The third-order valence-electron chi connectivity index (χ3n) is 2.10. The molecule has 0 heterocycles. The Morgan fingerprint density at radius 2 is 1.86 bits per heavy atom. The van der Waals surface area contributed by atoms with Crippen molar-refractivity contribution in [1.82, 2.24) is 4.31 Å². The molecule has 0 aromatic heterocycles. The van der Waals surface area contributed by atoms with E-state index < -0.39 is 10.0 Å². The zero-order valence-electron chi connectivity index (χ0n) is 9.36. The molecule has 0 aliphatic rings. The Hall–Kier alpha value is -0.130. The highest BCUT2D eigenvalue weighted by Crippen LogP contribution is 2.04. The van der Waals surface area contributed by atoms with Crippen LogP contribution in [0.5, 0.6) is 0 Å². The monoisotopic (exact) mass is 222 g/mol. The average molecular weight is 222 g/mol. The second kappa shape index (κ2) is 6.37. The Labute approximate surface area is 87.5 Å². The molecule has 4 nitrogen and oxygen atoms in total. The van der Waals surface area contributed by atoms with E-state index in [0.29, 0.717) is 6.54 Å². The summed E-state index contributed by atoms with van der Waals surface area (Å²) < 4.78 is 24.7. The molecule has 2 N–H and O–H groups in total. The van der Waals surface area contributed by atoms with E-state index in [1.165, 1.54) is 4.31 Å². The Bertz CT molecular complexity index is 239. The van der Waals surface area contributed by atoms with Crippen molar-refractivity contribution in [1.29, 1.82) is 0 Å². The first-order chi connectivity index (χ1) is 6.44. The van der Waals surface area contributed by atoms with Crippen LogP contribution in [0.25, 0.3) is 0 Å². The van der Waals surface area contributed by atoms with Gasteiger partial charge in [-0.15, -0.1) is 0 Å². The minimum Gasteiger partial charge on any atom is -0.327 e. The van der Waals surface area contributed by atoms with Gasteiger partial charge in [0.25, 0.3) is 0 Å². The molecular weight excluding hydrogens is 200 g/mol. The van der Waals surface area contributed by atoms with Crippen LogP contribution in [-0.2, 0) is 10.0 Å². The van der Waals surface area contributed by atoms with E-state index in [-0.39, 0.29) is 11.8 Å². The molecule has 0 radical (unpaired) electrons. The lowest BCUT2D eigenvalue weighted by molar-refractivity contribution is 0.462. The second-order valence-electron chi connectivity index (χ2n) is 3.65. The number of hydrogen-bond donors (Lipinski definition) is 1. The molecule has 0 bridgehead atoms. The van der Waals surface area contributed by atoms with Gasteiger partial charge in [0.1, 0.15) is 0 Å². The van der Waals surface area contributed by atoms with Crippen LogP contribution in [-0.4, -0.2) is 38.1 Å². The molecule has 0 aromatic rings.